The Morgan fingerprint density at radius 3 is 2.30 bits per heavy atom. The molecule has 0 bridgehead atoms. The Balaban J connectivity index is 3.71. The summed E-state index contributed by atoms with van der Waals surface area (Å²) >= 11 is 0. The van der Waals surface area contributed by atoms with Crippen molar-refractivity contribution in [3.05, 3.63) is 0 Å². The van der Waals surface area contributed by atoms with Crippen LogP contribution in [0.4, 0.5) is 0 Å². The van der Waals surface area contributed by atoms with Crippen molar-refractivity contribution in [2.75, 3.05) is 6.61 Å². The summed E-state index contributed by atoms with van der Waals surface area (Å²) in [5.74, 6) is -0.500. The zero-order chi connectivity index (χ0) is 8.15. The summed E-state index contributed by atoms with van der Waals surface area (Å²) in [5, 5.41) is 17.3. The average Bonchev–Trinajstić information content (AvgIpc) is 1.81. The molecular formula is C6H12O4. The second-order valence-corrected chi connectivity index (χ2v) is 2.07. The highest BCUT2D eigenvalue weighted by Gasteiger charge is 2.15. The summed E-state index contributed by atoms with van der Waals surface area (Å²) in [6, 6.07) is 0. The topological polar surface area (TPSA) is 66.8 Å². The lowest BCUT2D eigenvalue weighted by Crippen LogP contribution is -2.31. The summed E-state index contributed by atoms with van der Waals surface area (Å²) in [7, 11) is 0. The average molecular weight is 148 g/mol. The third kappa shape index (κ3) is 3.42. The largest absolute Gasteiger partial charge is 0.457 e. The maximum absolute atomic E-state index is 10.3. The first-order valence-electron chi connectivity index (χ1n) is 3.04. The molecule has 4 heteroatoms. The third-order valence-electron chi connectivity index (χ3n) is 1.04. The van der Waals surface area contributed by atoms with Crippen LogP contribution >= 0.6 is 0 Å². The van der Waals surface area contributed by atoms with Gasteiger partial charge in [0.25, 0.3) is 0 Å². The molecule has 0 aliphatic heterocycles. The van der Waals surface area contributed by atoms with Gasteiger partial charge in [0.05, 0.1) is 12.7 Å². The Hall–Kier alpha value is -0.610. The fourth-order valence-electron chi connectivity index (χ4n) is 0.501. The predicted molar refractivity (Wildman–Crippen MR) is 34.3 cm³/mol. The lowest BCUT2D eigenvalue weighted by Gasteiger charge is -2.16. The van der Waals surface area contributed by atoms with E-state index in [9.17, 15) is 4.79 Å². The second kappa shape index (κ2) is 4.24. The van der Waals surface area contributed by atoms with E-state index in [1.807, 2.05) is 0 Å². The van der Waals surface area contributed by atoms with Crippen molar-refractivity contribution in [1.82, 2.24) is 0 Å². The molecule has 0 fully saturated rings. The molecule has 2 N–H and O–H groups in total. The maximum atomic E-state index is 10.3. The number of esters is 1. The van der Waals surface area contributed by atoms with Gasteiger partial charge in [0.1, 0.15) is 0 Å². The lowest BCUT2D eigenvalue weighted by molar-refractivity contribution is -0.154. The fourth-order valence-corrected chi connectivity index (χ4v) is 0.501. The van der Waals surface area contributed by atoms with Crippen molar-refractivity contribution < 1.29 is 19.7 Å². The van der Waals surface area contributed by atoms with Gasteiger partial charge in [-0.05, 0) is 6.92 Å². The molecule has 10 heavy (non-hydrogen) atoms. The van der Waals surface area contributed by atoms with Gasteiger partial charge in [-0.1, -0.05) is 0 Å². The number of rotatable bonds is 3. The number of aliphatic hydroxyl groups is 2. The Kier molecular flexibility index (Phi) is 3.99. The molecule has 0 aromatic heterocycles. The van der Waals surface area contributed by atoms with E-state index in [1.165, 1.54) is 13.8 Å². The number of hydrogen-bond acceptors (Lipinski definition) is 4. The molecule has 2 atom stereocenters. The van der Waals surface area contributed by atoms with Crippen LogP contribution in [0.3, 0.4) is 0 Å². The molecule has 0 saturated carbocycles. The maximum Gasteiger partial charge on any atom is 0.303 e. The van der Waals surface area contributed by atoms with Gasteiger partial charge >= 0.3 is 5.97 Å². The van der Waals surface area contributed by atoms with Gasteiger partial charge in [-0.25, -0.2) is 0 Å². The van der Waals surface area contributed by atoms with Gasteiger partial charge < -0.3 is 14.9 Å². The smallest absolute Gasteiger partial charge is 0.303 e. The summed E-state index contributed by atoms with van der Waals surface area (Å²) in [4.78, 5) is 10.3. The molecule has 0 amide bonds. The van der Waals surface area contributed by atoms with Gasteiger partial charge in [0.15, 0.2) is 6.10 Å². The highest BCUT2D eigenvalue weighted by Crippen LogP contribution is 1.97. The first-order chi connectivity index (χ1) is 4.57. The van der Waals surface area contributed by atoms with Crippen LogP contribution in [0.2, 0.25) is 0 Å². The van der Waals surface area contributed by atoms with Gasteiger partial charge in [-0.2, -0.15) is 0 Å². The minimum atomic E-state index is -0.825. The standard InChI is InChI=1S/C6H12O4/c1-4(8)6(3-7)10-5(2)9/h4,6-8H,3H2,1-2H3. The number of hydrogen-bond donors (Lipinski definition) is 2. The molecular weight excluding hydrogens is 136 g/mol. The number of aliphatic hydroxyl groups excluding tert-OH is 2. The molecule has 0 aromatic carbocycles. The first kappa shape index (κ1) is 9.39. The first-order valence-corrected chi connectivity index (χ1v) is 3.04. The van der Waals surface area contributed by atoms with Crippen molar-refractivity contribution in [3.63, 3.8) is 0 Å². The highest BCUT2D eigenvalue weighted by atomic mass is 16.6. The second-order valence-electron chi connectivity index (χ2n) is 2.07. The van der Waals surface area contributed by atoms with E-state index in [-0.39, 0.29) is 6.61 Å². The van der Waals surface area contributed by atoms with Crippen LogP contribution in [0.1, 0.15) is 13.8 Å². The molecule has 0 saturated heterocycles. The van der Waals surface area contributed by atoms with E-state index in [0.717, 1.165) is 0 Å². The number of ether oxygens (including phenoxy) is 1. The van der Waals surface area contributed by atoms with Gasteiger partial charge in [0, 0.05) is 6.92 Å². The van der Waals surface area contributed by atoms with E-state index in [2.05, 4.69) is 4.74 Å². The van der Waals surface area contributed by atoms with Gasteiger partial charge in [-0.3, -0.25) is 4.79 Å². The normalized spacial score (nSPS) is 16.0. The molecule has 0 aliphatic carbocycles. The predicted octanol–water partition coefficient (Wildman–Crippen LogP) is -0.709. The van der Waals surface area contributed by atoms with E-state index in [4.69, 9.17) is 10.2 Å². The van der Waals surface area contributed by atoms with Crippen LogP contribution in [0.25, 0.3) is 0 Å². The minimum Gasteiger partial charge on any atom is -0.457 e. The SMILES string of the molecule is CC(=O)OC(CO)C(C)O. The zero-order valence-corrected chi connectivity index (χ0v) is 6.07. The van der Waals surface area contributed by atoms with Crippen molar-refractivity contribution in [2.45, 2.75) is 26.1 Å². The van der Waals surface area contributed by atoms with E-state index in [1.54, 1.807) is 0 Å². The molecule has 4 nitrogen and oxygen atoms in total. The molecule has 0 aliphatic rings. The molecule has 0 radical (unpaired) electrons. The van der Waals surface area contributed by atoms with Crippen molar-refractivity contribution in [2.24, 2.45) is 0 Å². The van der Waals surface area contributed by atoms with Crippen LogP contribution in [-0.2, 0) is 9.53 Å². The van der Waals surface area contributed by atoms with Crippen LogP contribution in [0.5, 0.6) is 0 Å². The number of carbonyl (C=O) groups is 1. The molecule has 0 aromatic rings. The molecule has 60 valence electrons. The summed E-state index contributed by atoms with van der Waals surface area (Å²) in [6.07, 6.45) is -1.62. The lowest BCUT2D eigenvalue weighted by atomic mass is 10.2. The Morgan fingerprint density at radius 2 is 2.20 bits per heavy atom. The van der Waals surface area contributed by atoms with Crippen molar-refractivity contribution in [1.29, 1.82) is 0 Å². The molecule has 0 spiro atoms. The van der Waals surface area contributed by atoms with E-state index >= 15 is 0 Å². The van der Waals surface area contributed by atoms with Gasteiger partial charge in [-0.15, -0.1) is 0 Å². The Bertz CT molecular complexity index is 110. The minimum absolute atomic E-state index is 0.350. The van der Waals surface area contributed by atoms with Crippen LogP contribution in [-0.4, -0.2) is 35.0 Å². The number of carbonyl (C=O) groups excluding carboxylic acids is 1. The van der Waals surface area contributed by atoms with Gasteiger partial charge in [0.2, 0.25) is 0 Å². The quantitative estimate of drug-likeness (QED) is 0.519. The van der Waals surface area contributed by atoms with Crippen LogP contribution < -0.4 is 0 Å². The van der Waals surface area contributed by atoms with Crippen LogP contribution in [0.15, 0.2) is 0 Å². The summed E-state index contributed by atoms with van der Waals surface area (Å²) < 4.78 is 4.52. The Morgan fingerprint density at radius 1 is 1.70 bits per heavy atom. The fraction of sp³-hybridized carbons (Fsp3) is 0.833. The monoisotopic (exact) mass is 148 g/mol. The third-order valence-corrected chi connectivity index (χ3v) is 1.04. The Labute approximate surface area is 59.4 Å². The van der Waals surface area contributed by atoms with E-state index in [0.29, 0.717) is 0 Å². The zero-order valence-electron chi connectivity index (χ0n) is 6.07. The summed E-state index contributed by atoms with van der Waals surface area (Å²) in [6.45, 7) is 2.33. The molecule has 0 heterocycles. The van der Waals surface area contributed by atoms with Crippen LogP contribution in [0, 0.1) is 0 Å². The molecule has 2 unspecified atom stereocenters. The highest BCUT2D eigenvalue weighted by molar-refractivity contribution is 5.66. The van der Waals surface area contributed by atoms with Crippen molar-refractivity contribution >= 4 is 5.97 Å². The molecule has 0 rings (SSSR count). The summed E-state index contributed by atoms with van der Waals surface area (Å²) in [5.41, 5.74) is 0. The van der Waals surface area contributed by atoms with Crippen molar-refractivity contribution in [3.8, 4) is 0 Å². The van der Waals surface area contributed by atoms with E-state index < -0.39 is 18.2 Å².